The third-order valence-electron chi connectivity index (χ3n) is 3.43. The summed E-state index contributed by atoms with van der Waals surface area (Å²) in [6.45, 7) is 1.33. The van der Waals surface area contributed by atoms with Crippen LogP contribution in [-0.4, -0.2) is 16.1 Å². The first-order valence-electron chi connectivity index (χ1n) is 7.24. The number of pyridine rings is 1. The smallest absolute Gasteiger partial charge is 0.335 e. The van der Waals surface area contributed by atoms with Gasteiger partial charge in [-0.3, -0.25) is 4.98 Å². The number of carboxylic acid groups (broad SMARTS) is 1. The van der Waals surface area contributed by atoms with Crippen LogP contribution in [0.5, 0.6) is 0 Å². The maximum Gasteiger partial charge on any atom is 0.335 e. The number of rotatable bonds is 6. The second kappa shape index (κ2) is 8.29. The van der Waals surface area contributed by atoms with Crippen LogP contribution < -0.4 is 5.32 Å². The molecule has 0 fully saturated rings. The van der Waals surface area contributed by atoms with Crippen LogP contribution in [0.1, 0.15) is 21.7 Å². The molecule has 0 radical (unpaired) electrons. The Labute approximate surface area is 145 Å². The van der Waals surface area contributed by atoms with E-state index in [1.165, 1.54) is 0 Å². The van der Waals surface area contributed by atoms with Gasteiger partial charge >= 0.3 is 5.97 Å². The Balaban J connectivity index is 0.00000208. The number of carbonyl (C=O) groups is 1. The van der Waals surface area contributed by atoms with E-state index in [1.807, 2.05) is 30.3 Å². The van der Waals surface area contributed by atoms with Crippen LogP contribution in [0, 0.1) is 0 Å². The topological polar surface area (TPSA) is 75.4 Å². The molecule has 0 aliphatic rings. The molecule has 124 valence electrons. The Kier molecular flexibility index (Phi) is 6.12. The largest absolute Gasteiger partial charge is 0.478 e. The Morgan fingerprint density at radius 1 is 1.08 bits per heavy atom. The first kappa shape index (κ1) is 17.7. The van der Waals surface area contributed by atoms with Gasteiger partial charge < -0.3 is 14.8 Å². The molecule has 0 aliphatic heterocycles. The second-order valence-corrected chi connectivity index (χ2v) is 5.11. The minimum Gasteiger partial charge on any atom is -0.478 e. The normalized spacial score (nSPS) is 10.2. The monoisotopic (exact) mass is 344 g/mol. The number of nitrogens with zero attached hydrogens (tertiary/aromatic N) is 1. The molecule has 0 spiro atoms. The summed E-state index contributed by atoms with van der Waals surface area (Å²) in [6, 6.07) is 14.4. The minimum atomic E-state index is -0.947. The highest BCUT2D eigenvalue weighted by atomic mass is 35.5. The molecular weight excluding hydrogens is 328 g/mol. The molecular formula is C18H17ClN2O3. The summed E-state index contributed by atoms with van der Waals surface area (Å²) >= 11 is 0. The van der Waals surface area contributed by atoms with Crippen molar-refractivity contribution in [3.05, 3.63) is 77.8 Å². The van der Waals surface area contributed by atoms with E-state index in [2.05, 4.69) is 10.3 Å². The maximum absolute atomic E-state index is 11.0. The standard InChI is InChI=1S/C18H16N2O3.ClH/c21-18(22)15-3-1-2-14(10-15)17-5-4-16(23-17)12-20-11-13-6-8-19-9-7-13;/h1-10,20H,11-12H2,(H,21,22);1H. The van der Waals surface area contributed by atoms with Gasteiger partial charge in [-0.25, -0.2) is 4.79 Å². The summed E-state index contributed by atoms with van der Waals surface area (Å²) in [5, 5.41) is 12.3. The second-order valence-electron chi connectivity index (χ2n) is 5.11. The average molecular weight is 345 g/mol. The van der Waals surface area contributed by atoms with E-state index in [1.54, 1.807) is 30.6 Å². The van der Waals surface area contributed by atoms with Crippen molar-refractivity contribution in [2.45, 2.75) is 13.1 Å². The lowest BCUT2D eigenvalue weighted by Crippen LogP contribution is -2.11. The first-order chi connectivity index (χ1) is 11.2. The summed E-state index contributed by atoms with van der Waals surface area (Å²) in [6.07, 6.45) is 3.52. The first-order valence-corrected chi connectivity index (χ1v) is 7.24. The Morgan fingerprint density at radius 3 is 2.62 bits per heavy atom. The van der Waals surface area contributed by atoms with Gasteiger partial charge in [0, 0.05) is 24.5 Å². The number of aromatic nitrogens is 1. The summed E-state index contributed by atoms with van der Waals surface area (Å²) in [4.78, 5) is 15.0. The predicted octanol–water partition coefficient (Wildman–Crippen LogP) is 3.75. The van der Waals surface area contributed by atoms with Crippen molar-refractivity contribution in [2.75, 3.05) is 0 Å². The van der Waals surface area contributed by atoms with Crippen molar-refractivity contribution >= 4 is 18.4 Å². The van der Waals surface area contributed by atoms with Crippen LogP contribution in [-0.2, 0) is 13.1 Å². The quantitative estimate of drug-likeness (QED) is 0.712. The lowest BCUT2D eigenvalue weighted by atomic mass is 10.1. The van der Waals surface area contributed by atoms with Crippen molar-refractivity contribution in [1.82, 2.24) is 10.3 Å². The molecule has 2 heterocycles. The number of carboxylic acids is 1. The van der Waals surface area contributed by atoms with E-state index in [9.17, 15) is 4.79 Å². The van der Waals surface area contributed by atoms with Gasteiger partial charge in [-0.1, -0.05) is 12.1 Å². The number of furan rings is 1. The fourth-order valence-corrected chi connectivity index (χ4v) is 2.26. The minimum absolute atomic E-state index is 0. The Hall–Kier alpha value is -2.63. The zero-order chi connectivity index (χ0) is 16.1. The molecule has 0 saturated heterocycles. The van der Waals surface area contributed by atoms with Crippen LogP contribution in [0.4, 0.5) is 0 Å². The maximum atomic E-state index is 11.0. The number of hydrogen-bond acceptors (Lipinski definition) is 4. The molecule has 0 unspecified atom stereocenters. The van der Waals surface area contributed by atoms with Gasteiger partial charge in [0.05, 0.1) is 12.1 Å². The molecule has 0 saturated carbocycles. The molecule has 0 atom stereocenters. The van der Waals surface area contributed by atoms with Crippen LogP contribution in [0.3, 0.4) is 0 Å². The van der Waals surface area contributed by atoms with Gasteiger partial charge in [-0.2, -0.15) is 0 Å². The van der Waals surface area contributed by atoms with Crippen molar-refractivity contribution < 1.29 is 14.3 Å². The molecule has 2 aromatic heterocycles. The van der Waals surface area contributed by atoms with E-state index in [4.69, 9.17) is 9.52 Å². The molecule has 5 nitrogen and oxygen atoms in total. The Bertz CT molecular complexity index is 803. The summed E-state index contributed by atoms with van der Waals surface area (Å²) in [5.74, 6) is 0.515. The predicted molar refractivity (Wildman–Crippen MR) is 93.1 cm³/mol. The average Bonchev–Trinajstić information content (AvgIpc) is 3.05. The summed E-state index contributed by atoms with van der Waals surface area (Å²) < 4.78 is 5.77. The van der Waals surface area contributed by atoms with E-state index in [-0.39, 0.29) is 18.0 Å². The van der Waals surface area contributed by atoms with Gasteiger partial charge in [-0.05, 0) is 42.0 Å². The van der Waals surface area contributed by atoms with Crippen LogP contribution in [0.2, 0.25) is 0 Å². The molecule has 0 aliphatic carbocycles. The highest BCUT2D eigenvalue weighted by Crippen LogP contribution is 2.23. The number of benzene rings is 1. The fourth-order valence-electron chi connectivity index (χ4n) is 2.26. The number of hydrogen-bond donors (Lipinski definition) is 2. The third-order valence-corrected chi connectivity index (χ3v) is 3.43. The van der Waals surface area contributed by atoms with Crippen molar-refractivity contribution in [3.8, 4) is 11.3 Å². The number of nitrogens with one attached hydrogen (secondary N) is 1. The molecule has 3 aromatic rings. The van der Waals surface area contributed by atoms with Crippen LogP contribution in [0.25, 0.3) is 11.3 Å². The van der Waals surface area contributed by atoms with Crippen molar-refractivity contribution in [3.63, 3.8) is 0 Å². The molecule has 0 amide bonds. The summed E-state index contributed by atoms with van der Waals surface area (Å²) in [5.41, 5.74) is 2.16. The SMILES string of the molecule is Cl.O=C(O)c1cccc(-c2ccc(CNCc3ccncc3)o2)c1. The lowest BCUT2D eigenvalue weighted by molar-refractivity contribution is 0.0697. The van der Waals surface area contributed by atoms with Crippen LogP contribution in [0.15, 0.2) is 65.3 Å². The highest BCUT2D eigenvalue weighted by molar-refractivity contribution is 5.89. The van der Waals surface area contributed by atoms with E-state index in [0.717, 1.165) is 23.4 Å². The van der Waals surface area contributed by atoms with E-state index in [0.29, 0.717) is 12.3 Å². The molecule has 2 N–H and O–H groups in total. The van der Waals surface area contributed by atoms with E-state index >= 15 is 0 Å². The van der Waals surface area contributed by atoms with Crippen molar-refractivity contribution in [2.24, 2.45) is 0 Å². The zero-order valence-electron chi connectivity index (χ0n) is 12.8. The zero-order valence-corrected chi connectivity index (χ0v) is 13.6. The van der Waals surface area contributed by atoms with Gasteiger partial charge in [0.25, 0.3) is 0 Å². The fraction of sp³-hybridized carbons (Fsp3) is 0.111. The highest BCUT2D eigenvalue weighted by Gasteiger charge is 2.08. The molecule has 1 aromatic carbocycles. The van der Waals surface area contributed by atoms with Crippen molar-refractivity contribution in [1.29, 1.82) is 0 Å². The number of halogens is 1. The lowest BCUT2D eigenvalue weighted by Gasteiger charge is -2.03. The molecule has 3 rings (SSSR count). The molecule has 24 heavy (non-hydrogen) atoms. The number of aromatic carboxylic acids is 1. The van der Waals surface area contributed by atoms with Crippen LogP contribution >= 0.6 is 12.4 Å². The third kappa shape index (κ3) is 4.44. The van der Waals surface area contributed by atoms with Gasteiger partial charge in [0.1, 0.15) is 11.5 Å². The summed E-state index contributed by atoms with van der Waals surface area (Å²) in [7, 11) is 0. The van der Waals surface area contributed by atoms with Gasteiger partial charge in [0.15, 0.2) is 0 Å². The molecule has 6 heteroatoms. The van der Waals surface area contributed by atoms with Gasteiger partial charge in [0.2, 0.25) is 0 Å². The molecule has 0 bridgehead atoms. The van der Waals surface area contributed by atoms with E-state index < -0.39 is 5.97 Å². The van der Waals surface area contributed by atoms with Gasteiger partial charge in [-0.15, -0.1) is 12.4 Å². The Morgan fingerprint density at radius 2 is 1.88 bits per heavy atom.